The van der Waals surface area contributed by atoms with E-state index in [0.29, 0.717) is 17.9 Å². The number of nitrogens with zero attached hydrogens (tertiary/aromatic N) is 4. The maximum Gasteiger partial charge on any atom is 0.300 e. The third-order valence-electron chi connectivity index (χ3n) is 4.90. The molecule has 7 nitrogen and oxygen atoms in total. The van der Waals surface area contributed by atoms with Gasteiger partial charge in [0.25, 0.3) is 0 Å². The summed E-state index contributed by atoms with van der Waals surface area (Å²) in [6.07, 6.45) is 3.53. The summed E-state index contributed by atoms with van der Waals surface area (Å²) in [7, 11) is 0. The summed E-state index contributed by atoms with van der Waals surface area (Å²) in [5.74, 6) is -2.58. The summed E-state index contributed by atoms with van der Waals surface area (Å²) in [6, 6.07) is 8.75. The Kier molecular flexibility index (Phi) is 5.76. The predicted molar refractivity (Wildman–Crippen MR) is 111 cm³/mol. The highest BCUT2D eigenvalue weighted by molar-refractivity contribution is 5.90. The first kappa shape index (κ1) is 21.3. The molecule has 0 aliphatic rings. The molecule has 0 aliphatic carbocycles. The van der Waals surface area contributed by atoms with E-state index < -0.39 is 23.0 Å². The van der Waals surface area contributed by atoms with Crippen LogP contribution < -0.4 is 10.9 Å². The number of nitrogens with one attached hydrogen (secondary N) is 1. The number of benzene rings is 2. The quantitative estimate of drug-likeness (QED) is 0.497. The largest absolute Gasteiger partial charge is 0.326 e. The van der Waals surface area contributed by atoms with Crippen molar-refractivity contribution in [1.29, 1.82) is 0 Å². The first-order valence-electron chi connectivity index (χ1n) is 9.78. The molecule has 164 valence electrons. The molecule has 1 amide bonds. The molecule has 0 aliphatic heterocycles. The summed E-state index contributed by atoms with van der Waals surface area (Å²) in [5, 5.41) is 10.5. The maximum atomic E-state index is 13.5. The second kappa shape index (κ2) is 8.66. The van der Waals surface area contributed by atoms with Gasteiger partial charge in [0.05, 0.1) is 5.69 Å². The van der Waals surface area contributed by atoms with Crippen molar-refractivity contribution in [3.05, 3.63) is 88.5 Å². The smallest absolute Gasteiger partial charge is 0.300 e. The van der Waals surface area contributed by atoms with E-state index in [1.54, 1.807) is 12.3 Å². The molecule has 0 bridgehead atoms. The number of rotatable bonds is 6. The zero-order valence-electron chi connectivity index (χ0n) is 16.9. The van der Waals surface area contributed by atoms with Crippen molar-refractivity contribution in [2.75, 3.05) is 5.32 Å². The molecule has 1 atom stereocenters. The van der Waals surface area contributed by atoms with Crippen LogP contribution in [-0.2, 0) is 11.2 Å². The minimum Gasteiger partial charge on any atom is -0.326 e. The van der Waals surface area contributed by atoms with Gasteiger partial charge in [0.15, 0.2) is 11.6 Å². The van der Waals surface area contributed by atoms with E-state index in [-0.39, 0.29) is 29.6 Å². The highest BCUT2D eigenvalue weighted by atomic mass is 19.2. The fourth-order valence-electron chi connectivity index (χ4n) is 3.39. The van der Waals surface area contributed by atoms with E-state index in [0.717, 1.165) is 12.1 Å². The highest BCUT2D eigenvalue weighted by Crippen LogP contribution is 2.16. The lowest BCUT2D eigenvalue weighted by Crippen LogP contribution is -2.21. The van der Waals surface area contributed by atoms with Crippen molar-refractivity contribution in [2.45, 2.75) is 19.8 Å². The summed E-state index contributed by atoms with van der Waals surface area (Å²) in [6.45, 7) is 1.82. The average Bonchev–Trinajstić information content (AvgIpc) is 3.14. The van der Waals surface area contributed by atoms with Gasteiger partial charge in [-0.05, 0) is 36.2 Å². The van der Waals surface area contributed by atoms with Gasteiger partial charge >= 0.3 is 5.56 Å². The Balaban J connectivity index is 1.48. The van der Waals surface area contributed by atoms with E-state index in [2.05, 4.69) is 15.5 Å². The molecule has 0 saturated carbocycles. The van der Waals surface area contributed by atoms with Gasteiger partial charge in [-0.2, -0.15) is 0 Å². The number of anilines is 1. The molecule has 10 heteroatoms. The summed E-state index contributed by atoms with van der Waals surface area (Å²) in [4.78, 5) is 25.0. The van der Waals surface area contributed by atoms with Crippen LogP contribution in [0.15, 0.2) is 59.7 Å². The minimum absolute atomic E-state index is 0.0743. The zero-order chi connectivity index (χ0) is 22.8. The van der Waals surface area contributed by atoms with Gasteiger partial charge in [0.1, 0.15) is 11.6 Å². The van der Waals surface area contributed by atoms with E-state index >= 15 is 0 Å². The lowest BCUT2D eigenvalue weighted by atomic mass is 10.0. The molecule has 2 aromatic heterocycles. The van der Waals surface area contributed by atoms with Gasteiger partial charge < -0.3 is 5.32 Å². The number of carbonyl (C=O) groups excluding carboxylic acids is 1. The first-order chi connectivity index (χ1) is 15.3. The predicted octanol–water partition coefficient (Wildman–Crippen LogP) is 3.50. The van der Waals surface area contributed by atoms with Crippen LogP contribution >= 0.6 is 0 Å². The highest BCUT2D eigenvalue weighted by Gasteiger charge is 2.17. The summed E-state index contributed by atoms with van der Waals surface area (Å²) in [5.41, 5.74) is 0.141. The van der Waals surface area contributed by atoms with Crippen LogP contribution in [0.3, 0.4) is 0 Å². The molecular formula is C22H18F3N5O2. The van der Waals surface area contributed by atoms with Crippen molar-refractivity contribution >= 4 is 17.2 Å². The van der Waals surface area contributed by atoms with Gasteiger partial charge in [0.2, 0.25) is 11.6 Å². The lowest BCUT2D eigenvalue weighted by molar-refractivity contribution is -0.116. The molecular weight excluding hydrogens is 423 g/mol. The molecule has 2 heterocycles. The van der Waals surface area contributed by atoms with Crippen molar-refractivity contribution in [2.24, 2.45) is 5.92 Å². The number of carbonyl (C=O) groups is 1. The molecule has 32 heavy (non-hydrogen) atoms. The van der Waals surface area contributed by atoms with Crippen LogP contribution in [0.1, 0.15) is 19.2 Å². The molecule has 0 radical (unpaired) electrons. The number of halogens is 3. The van der Waals surface area contributed by atoms with Gasteiger partial charge in [-0.3, -0.25) is 18.6 Å². The van der Waals surface area contributed by atoms with Crippen LogP contribution in [0.5, 0.6) is 0 Å². The normalized spacial score (nSPS) is 12.1. The molecule has 1 N–H and O–H groups in total. The molecule has 2 aromatic carbocycles. The van der Waals surface area contributed by atoms with E-state index in [9.17, 15) is 22.8 Å². The van der Waals surface area contributed by atoms with Crippen LogP contribution in [0.2, 0.25) is 0 Å². The zero-order valence-corrected chi connectivity index (χ0v) is 16.9. The van der Waals surface area contributed by atoms with Crippen molar-refractivity contribution in [3.63, 3.8) is 0 Å². The minimum atomic E-state index is -1.05. The van der Waals surface area contributed by atoms with Gasteiger partial charge in [0, 0.05) is 37.0 Å². The number of amides is 1. The van der Waals surface area contributed by atoms with Gasteiger partial charge in [-0.1, -0.05) is 13.0 Å². The van der Waals surface area contributed by atoms with Crippen molar-refractivity contribution in [1.82, 2.24) is 19.2 Å². The fraction of sp³-hybridized carbons (Fsp3) is 0.182. The van der Waals surface area contributed by atoms with E-state index in [4.69, 9.17) is 0 Å². The molecule has 4 rings (SSSR count). The third-order valence-corrected chi connectivity index (χ3v) is 4.90. The lowest BCUT2D eigenvalue weighted by Gasteiger charge is -2.11. The molecule has 0 spiro atoms. The van der Waals surface area contributed by atoms with Gasteiger partial charge in [-0.25, -0.2) is 13.2 Å². The Morgan fingerprint density at radius 1 is 1.06 bits per heavy atom. The van der Waals surface area contributed by atoms with Crippen LogP contribution in [0, 0.1) is 23.4 Å². The van der Waals surface area contributed by atoms with Crippen LogP contribution in [0.4, 0.5) is 18.9 Å². The average molecular weight is 441 g/mol. The molecule has 4 aromatic rings. The van der Waals surface area contributed by atoms with Gasteiger partial charge in [-0.15, -0.1) is 10.2 Å². The second-order valence-corrected chi connectivity index (χ2v) is 7.45. The first-order valence-corrected chi connectivity index (χ1v) is 9.78. The standard InChI is InChI=1S/C22H18F3N5O2/c1-13(10-20(31)26-15-5-6-17(24)18(25)12-15)9-19-27-28-21-22(32)29(7-8-30(19)21)16-4-2-3-14(23)11-16/h2-8,11-13H,9-10H2,1H3,(H,26,31)/t13-/m1/s1. The Morgan fingerprint density at radius 3 is 2.62 bits per heavy atom. The number of hydrogen-bond donors (Lipinski definition) is 1. The maximum absolute atomic E-state index is 13.5. The molecule has 0 fully saturated rings. The molecule has 0 saturated heterocycles. The van der Waals surface area contributed by atoms with Crippen molar-refractivity contribution < 1.29 is 18.0 Å². The topological polar surface area (TPSA) is 81.3 Å². The van der Waals surface area contributed by atoms with Crippen molar-refractivity contribution in [3.8, 4) is 5.69 Å². The summed E-state index contributed by atoms with van der Waals surface area (Å²) < 4.78 is 42.6. The van der Waals surface area contributed by atoms with Crippen LogP contribution in [-0.4, -0.2) is 25.1 Å². The Hall–Kier alpha value is -3.95. The number of hydrogen-bond acceptors (Lipinski definition) is 4. The Morgan fingerprint density at radius 2 is 1.88 bits per heavy atom. The van der Waals surface area contributed by atoms with Crippen LogP contribution in [0.25, 0.3) is 11.3 Å². The Labute approximate surface area is 180 Å². The Bertz CT molecular complexity index is 1370. The second-order valence-electron chi connectivity index (χ2n) is 7.45. The van der Waals surface area contributed by atoms with E-state index in [1.165, 1.54) is 39.4 Å². The van der Waals surface area contributed by atoms with E-state index in [1.807, 2.05) is 6.92 Å². The monoisotopic (exact) mass is 441 g/mol. The fourth-order valence-corrected chi connectivity index (χ4v) is 3.39. The number of aromatic nitrogens is 4. The summed E-state index contributed by atoms with van der Waals surface area (Å²) >= 11 is 0. The third kappa shape index (κ3) is 4.39. The SMILES string of the molecule is C[C@@H](CC(=O)Nc1ccc(F)c(F)c1)Cc1nnc2c(=O)n(-c3cccc(F)c3)ccn12. The number of fused-ring (bicyclic) bond motifs is 1. The molecule has 0 unspecified atom stereocenters.